The van der Waals surface area contributed by atoms with Crippen molar-refractivity contribution in [2.24, 2.45) is 29.6 Å². The Morgan fingerprint density at radius 3 is 2.43 bits per heavy atom. The molecule has 0 aromatic carbocycles. The number of carbonyl (C=O) groups is 2. The summed E-state index contributed by atoms with van der Waals surface area (Å²) in [5, 5.41) is 9.30. The Bertz CT molecular complexity index is 459. The Kier molecular flexibility index (Phi) is 4.05. The highest BCUT2D eigenvalue weighted by Gasteiger charge is 2.41. The Morgan fingerprint density at radius 1 is 1.14 bits per heavy atom. The molecule has 21 heavy (non-hydrogen) atoms. The van der Waals surface area contributed by atoms with E-state index in [9.17, 15) is 14.7 Å². The summed E-state index contributed by atoms with van der Waals surface area (Å²) in [4.78, 5) is 25.8. The zero-order chi connectivity index (χ0) is 15.0. The number of amides is 1. The first-order chi connectivity index (χ1) is 10.1. The van der Waals surface area contributed by atoms with Crippen molar-refractivity contribution in [3.8, 4) is 0 Å². The van der Waals surface area contributed by atoms with Crippen molar-refractivity contribution in [1.29, 1.82) is 0 Å². The standard InChI is InChI=1S/C17H25NO3/c1-18(10-13-9-11-6-7-12(13)8-11)16(19)14-4-2-3-5-15(14)17(20)21/h2-3,11-15H,4-10H2,1H3,(H,20,21)/t11?,12?,13?,14-,15+/m1/s1. The van der Waals surface area contributed by atoms with Gasteiger partial charge in [0.1, 0.15) is 0 Å². The van der Waals surface area contributed by atoms with E-state index in [1.807, 2.05) is 24.1 Å². The molecule has 0 aliphatic heterocycles. The minimum atomic E-state index is -0.842. The van der Waals surface area contributed by atoms with Gasteiger partial charge in [-0.15, -0.1) is 0 Å². The number of allylic oxidation sites excluding steroid dienone is 2. The van der Waals surface area contributed by atoms with E-state index >= 15 is 0 Å². The minimum Gasteiger partial charge on any atom is -0.481 e. The molecule has 1 N–H and O–H groups in total. The number of carboxylic acid groups (broad SMARTS) is 1. The summed E-state index contributed by atoms with van der Waals surface area (Å²) < 4.78 is 0. The number of aliphatic carboxylic acids is 1. The summed E-state index contributed by atoms with van der Waals surface area (Å²) in [6.45, 7) is 0.812. The fraction of sp³-hybridized carbons (Fsp3) is 0.765. The smallest absolute Gasteiger partial charge is 0.307 e. The van der Waals surface area contributed by atoms with Crippen LogP contribution in [-0.4, -0.2) is 35.5 Å². The van der Waals surface area contributed by atoms with Crippen LogP contribution in [0.5, 0.6) is 0 Å². The maximum Gasteiger partial charge on any atom is 0.307 e. The minimum absolute atomic E-state index is 0.0227. The lowest BCUT2D eigenvalue weighted by Crippen LogP contribution is -2.42. The first-order valence-electron chi connectivity index (χ1n) is 8.19. The summed E-state index contributed by atoms with van der Waals surface area (Å²) in [7, 11) is 1.85. The molecule has 2 saturated carbocycles. The quantitative estimate of drug-likeness (QED) is 0.810. The van der Waals surface area contributed by atoms with Crippen LogP contribution in [-0.2, 0) is 9.59 Å². The molecule has 4 nitrogen and oxygen atoms in total. The van der Waals surface area contributed by atoms with E-state index in [2.05, 4.69) is 0 Å². The molecule has 0 aromatic rings. The summed E-state index contributed by atoms with van der Waals surface area (Å²) >= 11 is 0. The highest BCUT2D eigenvalue weighted by atomic mass is 16.4. The average molecular weight is 291 g/mol. The number of nitrogens with zero attached hydrogens (tertiary/aromatic N) is 1. The van der Waals surface area contributed by atoms with E-state index in [-0.39, 0.29) is 11.8 Å². The molecule has 0 spiro atoms. The van der Waals surface area contributed by atoms with Gasteiger partial charge in [-0.1, -0.05) is 18.6 Å². The second-order valence-electron chi connectivity index (χ2n) is 7.15. The van der Waals surface area contributed by atoms with Crippen molar-refractivity contribution in [2.45, 2.75) is 38.5 Å². The van der Waals surface area contributed by atoms with E-state index in [0.29, 0.717) is 18.8 Å². The van der Waals surface area contributed by atoms with Gasteiger partial charge in [0.25, 0.3) is 0 Å². The van der Waals surface area contributed by atoms with E-state index in [0.717, 1.165) is 18.4 Å². The molecule has 0 saturated heterocycles. The lowest BCUT2D eigenvalue weighted by atomic mass is 9.81. The molecule has 3 aliphatic carbocycles. The van der Waals surface area contributed by atoms with E-state index in [1.165, 1.54) is 25.7 Å². The van der Waals surface area contributed by atoms with Gasteiger partial charge in [0.15, 0.2) is 0 Å². The number of rotatable bonds is 4. The van der Waals surface area contributed by atoms with Gasteiger partial charge in [-0.2, -0.15) is 0 Å². The molecule has 3 unspecified atom stereocenters. The van der Waals surface area contributed by atoms with Crippen molar-refractivity contribution in [3.63, 3.8) is 0 Å². The summed E-state index contributed by atoms with van der Waals surface area (Å²) in [5.74, 6) is 0.571. The number of hydrogen-bond donors (Lipinski definition) is 1. The van der Waals surface area contributed by atoms with Gasteiger partial charge in [-0.25, -0.2) is 0 Å². The van der Waals surface area contributed by atoms with E-state index in [4.69, 9.17) is 0 Å². The van der Waals surface area contributed by atoms with Gasteiger partial charge in [-0.3, -0.25) is 9.59 Å². The largest absolute Gasteiger partial charge is 0.481 e. The molecule has 0 radical (unpaired) electrons. The van der Waals surface area contributed by atoms with Gasteiger partial charge in [0.05, 0.1) is 11.8 Å². The second-order valence-corrected chi connectivity index (χ2v) is 7.15. The molecule has 116 valence electrons. The Labute approximate surface area is 126 Å². The molecule has 1 amide bonds. The van der Waals surface area contributed by atoms with Crippen LogP contribution in [0.4, 0.5) is 0 Å². The molecule has 4 heteroatoms. The van der Waals surface area contributed by atoms with Gasteiger partial charge >= 0.3 is 5.97 Å². The predicted molar refractivity (Wildman–Crippen MR) is 79.6 cm³/mol. The summed E-state index contributed by atoms with van der Waals surface area (Å²) in [5.41, 5.74) is 0. The van der Waals surface area contributed by atoms with Crippen LogP contribution in [0, 0.1) is 29.6 Å². The van der Waals surface area contributed by atoms with E-state index in [1.54, 1.807) is 0 Å². The van der Waals surface area contributed by atoms with Crippen LogP contribution in [0.3, 0.4) is 0 Å². The molecule has 0 heterocycles. The average Bonchev–Trinajstić information content (AvgIpc) is 3.09. The number of carboxylic acids is 1. The van der Waals surface area contributed by atoms with Gasteiger partial charge in [0.2, 0.25) is 5.91 Å². The third kappa shape index (κ3) is 2.85. The van der Waals surface area contributed by atoms with Crippen molar-refractivity contribution in [1.82, 2.24) is 4.90 Å². The monoisotopic (exact) mass is 291 g/mol. The molecular formula is C17H25NO3. The van der Waals surface area contributed by atoms with Gasteiger partial charge in [0, 0.05) is 13.6 Å². The molecule has 5 atom stereocenters. The molecular weight excluding hydrogens is 266 g/mol. The normalized spacial score (nSPS) is 37.7. The van der Waals surface area contributed by atoms with Crippen LogP contribution < -0.4 is 0 Å². The molecule has 3 aliphatic rings. The summed E-state index contributed by atoms with van der Waals surface area (Å²) in [6, 6.07) is 0. The maximum absolute atomic E-state index is 12.6. The number of hydrogen-bond acceptors (Lipinski definition) is 2. The van der Waals surface area contributed by atoms with Gasteiger partial charge in [-0.05, 0) is 49.9 Å². The fourth-order valence-electron chi connectivity index (χ4n) is 4.68. The van der Waals surface area contributed by atoms with Crippen LogP contribution in [0.2, 0.25) is 0 Å². The van der Waals surface area contributed by atoms with Crippen LogP contribution >= 0.6 is 0 Å². The number of fused-ring (bicyclic) bond motifs is 2. The Hall–Kier alpha value is -1.32. The van der Waals surface area contributed by atoms with Crippen molar-refractivity contribution >= 4 is 11.9 Å². The van der Waals surface area contributed by atoms with Crippen LogP contribution in [0.15, 0.2) is 12.2 Å². The predicted octanol–water partition coefficient (Wildman–Crippen LogP) is 2.55. The van der Waals surface area contributed by atoms with Crippen molar-refractivity contribution in [3.05, 3.63) is 12.2 Å². The zero-order valence-electron chi connectivity index (χ0n) is 12.7. The van der Waals surface area contributed by atoms with Crippen LogP contribution in [0.25, 0.3) is 0 Å². The third-order valence-electron chi connectivity index (χ3n) is 5.84. The first-order valence-corrected chi connectivity index (χ1v) is 8.19. The lowest BCUT2D eigenvalue weighted by molar-refractivity contribution is -0.150. The third-order valence-corrected chi connectivity index (χ3v) is 5.84. The first kappa shape index (κ1) is 14.6. The molecule has 0 aromatic heterocycles. The fourth-order valence-corrected chi connectivity index (χ4v) is 4.68. The molecule has 2 fully saturated rings. The van der Waals surface area contributed by atoms with Crippen LogP contribution in [0.1, 0.15) is 38.5 Å². The Balaban J connectivity index is 1.61. The lowest BCUT2D eigenvalue weighted by Gasteiger charge is -2.32. The van der Waals surface area contributed by atoms with E-state index < -0.39 is 11.9 Å². The molecule has 2 bridgehead atoms. The summed E-state index contributed by atoms with van der Waals surface area (Å²) in [6.07, 6.45) is 10.2. The van der Waals surface area contributed by atoms with Crippen molar-refractivity contribution < 1.29 is 14.7 Å². The van der Waals surface area contributed by atoms with Gasteiger partial charge < -0.3 is 10.0 Å². The number of carbonyl (C=O) groups excluding carboxylic acids is 1. The zero-order valence-corrected chi connectivity index (χ0v) is 12.7. The Morgan fingerprint density at radius 2 is 1.86 bits per heavy atom. The highest BCUT2D eigenvalue weighted by molar-refractivity contribution is 5.85. The SMILES string of the molecule is CN(CC1CC2CCC1C2)C(=O)[C@@H]1CC=CC[C@@H]1C(=O)O. The van der Waals surface area contributed by atoms with Crippen molar-refractivity contribution in [2.75, 3.05) is 13.6 Å². The highest BCUT2D eigenvalue weighted by Crippen LogP contribution is 2.48. The maximum atomic E-state index is 12.6. The molecule has 3 rings (SSSR count). The topological polar surface area (TPSA) is 57.6 Å². The second kappa shape index (κ2) is 5.82.